The SMILES string of the molecule is C=Cc1cc(C2NC(=C/CC)/C(=C(\C)O)NC3=C2S(=O)(=O)CC(C)(C)C3)ccc1N=CC. The number of aliphatic imine (C=N–C) groups is 1. The molecule has 0 bridgehead atoms. The highest BCUT2D eigenvalue weighted by Crippen LogP contribution is 2.44. The molecule has 0 aromatic heterocycles. The number of sulfone groups is 1. The van der Waals surface area contributed by atoms with Crippen LogP contribution in [-0.2, 0) is 9.84 Å². The summed E-state index contributed by atoms with van der Waals surface area (Å²) in [6.07, 6.45) is 6.67. The number of hydrogen-bond donors (Lipinski definition) is 3. The van der Waals surface area contributed by atoms with Gasteiger partial charge in [0.2, 0.25) is 0 Å². The Morgan fingerprint density at radius 3 is 2.69 bits per heavy atom. The Morgan fingerprint density at radius 1 is 1.38 bits per heavy atom. The van der Waals surface area contributed by atoms with Crippen LogP contribution in [0.4, 0.5) is 5.69 Å². The molecule has 0 radical (unpaired) electrons. The highest BCUT2D eigenvalue weighted by atomic mass is 32.2. The smallest absolute Gasteiger partial charge is 0.179 e. The van der Waals surface area contributed by atoms with E-state index in [2.05, 4.69) is 22.2 Å². The number of allylic oxidation sites excluding steroid dienone is 3. The lowest BCUT2D eigenvalue weighted by Crippen LogP contribution is -2.37. The van der Waals surface area contributed by atoms with Crippen LogP contribution in [0.1, 0.15) is 64.6 Å². The maximum atomic E-state index is 13.6. The Labute approximate surface area is 191 Å². The van der Waals surface area contributed by atoms with Crippen LogP contribution in [0.25, 0.3) is 6.08 Å². The number of benzene rings is 1. The maximum absolute atomic E-state index is 13.6. The summed E-state index contributed by atoms with van der Waals surface area (Å²) in [5.74, 6) is 0.166. The van der Waals surface area contributed by atoms with Crippen LogP contribution in [0.3, 0.4) is 0 Å². The lowest BCUT2D eigenvalue weighted by atomic mass is 9.88. The predicted octanol–water partition coefficient (Wildman–Crippen LogP) is 5.43. The molecule has 3 rings (SSSR count). The van der Waals surface area contributed by atoms with E-state index in [1.165, 1.54) is 0 Å². The molecular formula is C25H33N3O3S. The molecule has 2 aliphatic rings. The van der Waals surface area contributed by atoms with Crippen LogP contribution in [0.5, 0.6) is 0 Å². The Kier molecular flexibility index (Phi) is 6.69. The summed E-state index contributed by atoms with van der Waals surface area (Å²) in [6.45, 7) is 13.3. The van der Waals surface area contributed by atoms with Gasteiger partial charge < -0.3 is 15.7 Å². The molecule has 2 heterocycles. The number of aliphatic hydroxyl groups is 1. The van der Waals surface area contributed by atoms with Gasteiger partial charge in [-0.1, -0.05) is 45.6 Å². The minimum absolute atomic E-state index is 0.0647. The Balaban J connectivity index is 2.30. The number of rotatable bonds is 4. The Morgan fingerprint density at radius 2 is 2.09 bits per heavy atom. The van der Waals surface area contributed by atoms with Crippen molar-refractivity contribution in [1.82, 2.24) is 10.6 Å². The molecule has 1 aromatic rings. The second-order valence-electron chi connectivity index (χ2n) is 9.04. The standard InChI is InChI=1S/C25H33N3O3S/c1-7-10-20-22(16(4)29)28-21-14-25(5,6)15-32(30,31)24(21)23(27-20)18-11-12-19(26-9-3)17(8-2)13-18/h8-13,23,27-29H,2,7,14-15H2,1,3-6H3/b20-10+,22-16-,26-9?. The van der Waals surface area contributed by atoms with Gasteiger partial charge in [-0.25, -0.2) is 8.42 Å². The molecule has 1 atom stereocenters. The number of nitrogens with one attached hydrogen (secondary N) is 2. The first kappa shape index (κ1) is 23.9. The van der Waals surface area contributed by atoms with E-state index in [0.717, 1.165) is 23.2 Å². The summed E-state index contributed by atoms with van der Waals surface area (Å²) in [7, 11) is -3.57. The highest BCUT2D eigenvalue weighted by Gasteiger charge is 2.43. The van der Waals surface area contributed by atoms with Gasteiger partial charge in [-0.05, 0) is 55.4 Å². The van der Waals surface area contributed by atoms with Crippen molar-refractivity contribution >= 4 is 27.8 Å². The average molecular weight is 456 g/mol. The minimum Gasteiger partial charge on any atom is -0.510 e. The second-order valence-corrected chi connectivity index (χ2v) is 11.0. The first-order valence-electron chi connectivity index (χ1n) is 10.9. The van der Waals surface area contributed by atoms with Crippen molar-refractivity contribution in [1.29, 1.82) is 0 Å². The zero-order valence-electron chi connectivity index (χ0n) is 19.5. The van der Waals surface area contributed by atoms with Crippen LogP contribution in [0, 0.1) is 5.41 Å². The maximum Gasteiger partial charge on any atom is 0.179 e. The molecule has 7 heteroatoms. The van der Waals surface area contributed by atoms with Crippen molar-refractivity contribution < 1.29 is 13.5 Å². The minimum atomic E-state index is -3.57. The van der Waals surface area contributed by atoms with Crippen molar-refractivity contribution in [2.45, 2.75) is 53.5 Å². The van der Waals surface area contributed by atoms with E-state index in [1.807, 2.05) is 52.0 Å². The summed E-state index contributed by atoms with van der Waals surface area (Å²) in [5.41, 5.74) is 3.78. The first-order chi connectivity index (χ1) is 15.0. The largest absolute Gasteiger partial charge is 0.510 e. The van der Waals surface area contributed by atoms with Crippen molar-refractivity contribution in [3.05, 3.63) is 69.7 Å². The van der Waals surface area contributed by atoms with Crippen LogP contribution in [0.15, 0.2) is 63.6 Å². The Bertz CT molecular complexity index is 1150. The van der Waals surface area contributed by atoms with Gasteiger partial charge >= 0.3 is 0 Å². The fourth-order valence-corrected chi connectivity index (χ4v) is 6.76. The third kappa shape index (κ3) is 4.67. The van der Waals surface area contributed by atoms with E-state index in [4.69, 9.17) is 0 Å². The lowest BCUT2D eigenvalue weighted by molar-refractivity contribution is 0.384. The Hall–Kier alpha value is -2.80. The van der Waals surface area contributed by atoms with Crippen LogP contribution in [0.2, 0.25) is 0 Å². The summed E-state index contributed by atoms with van der Waals surface area (Å²) in [4.78, 5) is 4.71. The molecule has 1 aromatic carbocycles. The van der Waals surface area contributed by atoms with E-state index in [-0.39, 0.29) is 11.5 Å². The van der Waals surface area contributed by atoms with Gasteiger partial charge in [0.1, 0.15) is 5.76 Å². The van der Waals surface area contributed by atoms with Crippen LogP contribution >= 0.6 is 0 Å². The van der Waals surface area contributed by atoms with Crippen molar-refractivity contribution in [2.24, 2.45) is 10.4 Å². The highest BCUT2D eigenvalue weighted by molar-refractivity contribution is 7.95. The molecular weight excluding hydrogens is 422 g/mol. The number of nitrogens with zero attached hydrogens (tertiary/aromatic N) is 1. The third-order valence-corrected chi connectivity index (χ3v) is 7.93. The van der Waals surface area contributed by atoms with Gasteiger partial charge in [0.15, 0.2) is 9.84 Å². The fraction of sp³-hybridized carbons (Fsp3) is 0.400. The van der Waals surface area contributed by atoms with Crippen molar-refractivity contribution in [3.63, 3.8) is 0 Å². The van der Waals surface area contributed by atoms with Crippen LogP contribution in [-0.4, -0.2) is 25.5 Å². The predicted molar refractivity (Wildman–Crippen MR) is 132 cm³/mol. The van der Waals surface area contributed by atoms with Crippen molar-refractivity contribution in [2.75, 3.05) is 5.75 Å². The summed E-state index contributed by atoms with van der Waals surface area (Å²) >= 11 is 0. The average Bonchev–Trinajstić information content (AvgIpc) is 2.85. The molecule has 0 saturated carbocycles. The third-order valence-electron chi connectivity index (χ3n) is 5.62. The lowest BCUT2D eigenvalue weighted by Gasteiger charge is -2.34. The summed E-state index contributed by atoms with van der Waals surface area (Å²) < 4.78 is 27.1. The molecule has 172 valence electrons. The van der Waals surface area contributed by atoms with E-state index >= 15 is 0 Å². The quantitative estimate of drug-likeness (QED) is 0.416. The molecule has 2 aliphatic heterocycles. The number of hydrogen-bond acceptors (Lipinski definition) is 6. The number of aliphatic hydroxyl groups excluding tert-OH is 1. The normalized spacial score (nSPS) is 25.0. The molecule has 0 amide bonds. The second kappa shape index (κ2) is 8.98. The van der Waals surface area contributed by atoms with E-state index in [1.54, 1.807) is 19.2 Å². The van der Waals surface area contributed by atoms with Gasteiger partial charge in [-0.15, -0.1) is 0 Å². The van der Waals surface area contributed by atoms with E-state index < -0.39 is 21.3 Å². The topological polar surface area (TPSA) is 90.8 Å². The zero-order valence-corrected chi connectivity index (χ0v) is 20.3. The zero-order chi connectivity index (χ0) is 23.7. The summed E-state index contributed by atoms with van der Waals surface area (Å²) in [5, 5.41) is 17.1. The monoisotopic (exact) mass is 455 g/mol. The van der Waals surface area contributed by atoms with Crippen LogP contribution < -0.4 is 10.6 Å². The van der Waals surface area contributed by atoms with Gasteiger partial charge in [-0.2, -0.15) is 0 Å². The molecule has 1 unspecified atom stereocenters. The molecule has 32 heavy (non-hydrogen) atoms. The first-order valence-corrected chi connectivity index (χ1v) is 12.5. The van der Waals surface area contributed by atoms with E-state index in [9.17, 15) is 13.5 Å². The van der Waals surface area contributed by atoms with Gasteiger partial charge in [0, 0.05) is 11.9 Å². The summed E-state index contributed by atoms with van der Waals surface area (Å²) in [6, 6.07) is 5.10. The molecule has 3 N–H and O–H groups in total. The van der Waals surface area contributed by atoms with Gasteiger partial charge in [0.05, 0.1) is 33.8 Å². The van der Waals surface area contributed by atoms with Crippen molar-refractivity contribution in [3.8, 4) is 0 Å². The van der Waals surface area contributed by atoms with Gasteiger partial charge in [-0.3, -0.25) is 4.99 Å². The fourth-order valence-electron chi connectivity index (χ4n) is 4.43. The van der Waals surface area contributed by atoms with Gasteiger partial charge in [0.25, 0.3) is 0 Å². The molecule has 0 aliphatic carbocycles. The molecule has 0 spiro atoms. The molecule has 0 fully saturated rings. The molecule has 0 saturated heterocycles. The van der Waals surface area contributed by atoms with E-state index in [0.29, 0.717) is 28.4 Å². The molecule has 6 nitrogen and oxygen atoms in total.